The minimum absolute atomic E-state index is 0.208. The molecular formula is C10H16N2O2. The molecule has 0 atom stereocenters. The van der Waals surface area contributed by atoms with Crippen molar-refractivity contribution >= 4 is 0 Å². The van der Waals surface area contributed by atoms with Crippen molar-refractivity contribution in [3.05, 3.63) is 29.0 Å². The Morgan fingerprint density at radius 1 is 1.50 bits per heavy atom. The van der Waals surface area contributed by atoms with E-state index in [9.17, 15) is 5.21 Å². The number of ether oxygens (including phenoxy) is 1. The lowest BCUT2D eigenvalue weighted by atomic mass is 10.2. The molecule has 1 rings (SSSR count). The fraction of sp³-hybridized carbons (Fsp3) is 0.600. The molecule has 0 N–H and O–H groups in total. The summed E-state index contributed by atoms with van der Waals surface area (Å²) in [5, 5.41) is 11.2. The second-order valence-electron chi connectivity index (χ2n) is 4.25. The topological polar surface area (TPSA) is 49.1 Å². The van der Waals surface area contributed by atoms with Crippen molar-refractivity contribution in [1.82, 2.24) is 4.98 Å². The van der Waals surface area contributed by atoms with Crippen molar-refractivity contribution < 1.29 is 9.47 Å². The van der Waals surface area contributed by atoms with Gasteiger partial charge in [0.25, 0.3) is 0 Å². The predicted octanol–water partition coefficient (Wildman–Crippen LogP) is 1.34. The average molecular weight is 196 g/mol. The number of aromatic nitrogens is 2. The summed E-state index contributed by atoms with van der Waals surface area (Å²) in [6.45, 7) is 7.98. The molecule has 1 heterocycles. The van der Waals surface area contributed by atoms with Crippen LogP contribution in [0.1, 0.15) is 32.2 Å². The van der Waals surface area contributed by atoms with Gasteiger partial charge >= 0.3 is 0 Å². The van der Waals surface area contributed by atoms with Gasteiger partial charge in [0.05, 0.1) is 18.4 Å². The van der Waals surface area contributed by atoms with E-state index in [4.69, 9.17) is 4.74 Å². The fourth-order valence-electron chi connectivity index (χ4n) is 0.869. The Labute approximate surface area is 84.1 Å². The summed E-state index contributed by atoms with van der Waals surface area (Å²) < 4.78 is 6.30. The third kappa shape index (κ3) is 3.30. The lowest BCUT2D eigenvalue weighted by molar-refractivity contribution is -0.613. The highest BCUT2D eigenvalue weighted by Crippen LogP contribution is 2.09. The maximum absolute atomic E-state index is 11.2. The van der Waals surface area contributed by atoms with E-state index in [2.05, 4.69) is 4.98 Å². The molecule has 78 valence electrons. The Hall–Kier alpha value is -1.16. The lowest BCUT2D eigenvalue weighted by Crippen LogP contribution is -2.31. The first kappa shape index (κ1) is 10.9. The predicted molar refractivity (Wildman–Crippen MR) is 52.5 cm³/mol. The molecule has 0 aromatic carbocycles. The SMILES string of the molecule is Cc1cnc(COC(C)(C)C)c[n+]1[O-]. The van der Waals surface area contributed by atoms with Gasteiger partial charge in [-0.1, -0.05) is 0 Å². The minimum Gasteiger partial charge on any atom is -0.618 e. The molecule has 0 saturated heterocycles. The minimum atomic E-state index is -0.208. The largest absolute Gasteiger partial charge is 0.618 e. The molecule has 14 heavy (non-hydrogen) atoms. The molecule has 0 aliphatic rings. The van der Waals surface area contributed by atoms with E-state index in [-0.39, 0.29) is 5.60 Å². The number of hydrogen-bond donors (Lipinski definition) is 0. The van der Waals surface area contributed by atoms with E-state index in [1.54, 1.807) is 13.1 Å². The van der Waals surface area contributed by atoms with Crippen LogP contribution in [0, 0.1) is 12.1 Å². The van der Waals surface area contributed by atoms with Crippen molar-refractivity contribution in [1.29, 1.82) is 0 Å². The lowest BCUT2D eigenvalue weighted by Gasteiger charge is -2.18. The standard InChI is InChI=1S/C10H16N2O2/c1-8-5-11-9(6-12(8)13)7-14-10(2,3)4/h5-6H,7H2,1-4H3. The van der Waals surface area contributed by atoms with Gasteiger partial charge in [0.2, 0.25) is 11.9 Å². The first-order valence-corrected chi connectivity index (χ1v) is 4.57. The van der Waals surface area contributed by atoms with E-state index in [1.165, 1.54) is 6.20 Å². The molecule has 4 nitrogen and oxygen atoms in total. The molecule has 1 aromatic rings. The summed E-state index contributed by atoms with van der Waals surface area (Å²) in [7, 11) is 0. The smallest absolute Gasteiger partial charge is 0.207 e. The van der Waals surface area contributed by atoms with Crippen LogP contribution in [-0.4, -0.2) is 10.6 Å². The maximum atomic E-state index is 11.2. The monoisotopic (exact) mass is 196 g/mol. The van der Waals surface area contributed by atoms with Crippen LogP contribution >= 0.6 is 0 Å². The highest BCUT2D eigenvalue weighted by atomic mass is 16.5. The third-order valence-electron chi connectivity index (χ3n) is 1.68. The number of rotatable bonds is 2. The van der Waals surface area contributed by atoms with E-state index in [1.807, 2.05) is 20.8 Å². The molecule has 4 heteroatoms. The molecule has 0 unspecified atom stereocenters. The first-order chi connectivity index (χ1) is 6.38. The van der Waals surface area contributed by atoms with Gasteiger partial charge in [-0.15, -0.1) is 0 Å². The first-order valence-electron chi connectivity index (χ1n) is 4.57. The third-order valence-corrected chi connectivity index (χ3v) is 1.68. The quantitative estimate of drug-likeness (QED) is 0.529. The summed E-state index contributed by atoms with van der Waals surface area (Å²) in [6, 6.07) is 0. The Morgan fingerprint density at radius 2 is 2.14 bits per heavy atom. The molecule has 0 spiro atoms. The molecule has 0 radical (unpaired) electrons. The Bertz CT molecular complexity index is 318. The molecule has 1 aromatic heterocycles. The van der Waals surface area contributed by atoms with Gasteiger partial charge in [0, 0.05) is 6.92 Å². The van der Waals surface area contributed by atoms with Gasteiger partial charge < -0.3 is 9.94 Å². The van der Waals surface area contributed by atoms with E-state index in [0.717, 1.165) is 4.73 Å². The van der Waals surface area contributed by atoms with E-state index >= 15 is 0 Å². The Kier molecular flexibility index (Phi) is 3.06. The molecule has 0 fully saturated rings. The van der Waals surface area contributed by atoms with Gasteiger partial charge in [-0.3, -0.25) is 0 Å². The fourth-order valence-corrected chi connectivity index (χ4v) is 0.869. The Balaban J connectivity index is 2.65. The molecule has 0 amide bonds. The normalized spacial score (nSPS) is 11.7. The zero-order valence-corrected chi connectivity index (χ0v) is 9.07. The zero-order valence-electron chi connectivity index (χ0n) is 9.07. The summed E-state index contributed by atoms with van der Waals surface area (Å²) in [5.41, 5.74) is 1.03. The number of nitrogens with zero attached hydrogens (tertiary/aromatic N) is 2. The maximum Gasteiger partial charge on any atom is 0.207 e. The van der Waals surface area contributed by atoms with E-state index in [0.29, 0.717) is 18.0 Å². The van der Waals surface area contributed by atoms with Crippen LogP contribution in [0.2, 0.25) is 0 Å². The second kappa shape index (κ2) is 3.92. The molecule has 0 aliphatic carbocycles. The highest BCUT2D eigenvalue weighted by Gasteiger charge is 2.12. The van der Waals surface area contributed by atoms with Crippen molar-refractivity contribution in [2.24, 2.45) is 0 Å². The van der Waals surface area contributed by atoms with Gasteiger partial charge in [-0.05, 0) is 20.8 Å². The van der Waals surface area contributed by atoms with Crippen LogP contribution in [0.15, 0.2) is 12.4 Å². The summed E-state index contributed by atoms with van der Waals surface area (Å²) >= 11 is 0. The second-order valence-corrected chi connectivity index (χ2v) is 4.25. The molecular weight excluding hydrogens is 180 g/mol. The summed E-state index contributed by atoms with van der Waals surface area (Å²) in [4.78, 5) is 4.10. The highest BCUT2D eigenvalue weighted by molar-refractivity contribution is 4.93. The van der Waals surface area contributed by atoms with Gasteiger partial charge in [0.1, 0.15) is 5.69 Å². The van der Waals surface area contributed by atoms with Crippen LogP contribution in [-0.2, 0) is 11.3 Å². The van der Waals surface area contributed by atoms with Gasteiger partial charge in [-0.25, -0.2) is 4.98 Å². The van der Waals surface area contributed by atoms with Crippen molar-refractivity contribution in [2.45, 2.75) is 39.9 Å². The van der Waals surface area contributed by atoms with Crippen LogP contribution < -0.4 is 4.73 Å². The van der Waals surface area contributed by atoms with Gasteiger partial charge in [-0.2, -0.15) is 4.73 Å². The number of aryl methyl sites for hydroxylation is 1. The van der Waals surface area contributed by atoms with Crippen LogP contribution in [0.25, 0.3) is 0 Å². The molecule has 0 aliphatic heterocycles. The van der Waals surface area contributed by atoms with E-state index < -0.39 is 0 Å². The summed E-state index contributed by atoms with van der Waals surface area (Å²) in [5.74, 6) is 0. The number of hydrogen-bond acceptors (Lipinski definition) is 3. The zero-order chi connectivity index (χ0) is 10.8. The van der Waals surface area contributed by atoms with Crippen molar-refractivity contribution in [3.8, 4) is 0 Å². The van der Waals surface area contributed by atoms with Crippen LogP contribution in [0.5, 0.6) is 0 Å². The Morgan fingerprint density at radius 3 is 2.64 bits per heavy atom. The van der Waals surface area contributed by atoms with Gasteiger partial charge in [0.15, 0.2) is 0 Å². The van der Waals surface area contributed by atoms with Crippen molar-refractivity contribution in [2.75, 3.05) is 0 Å². The average Bonchev–Trinajstić information content (AvgIpc) is 2.06. The molecule has 0 saturated carbocycles. The molecule has 0 bridgehead atoms. The van der Waals surface area contributed by atoms with Crippen LogP contribution in [0.3, 0.4) is 0 Å². The van der Waals surface area contributed by atoms with Crippen LogP contribution in [0.4, 0.5) is 0 Å². The summed E-state index contributed by atoms with van der Waals surface area (Å²) in [6.07, 6.45) is 3.00. The van der Waals surface area contributed by atoms with Crippen molar-refractivity contribution in [3.63, 3.8) is 0 Å².